The predicted octanol–water partition coefficient (Wildman–Crippen LogP) is 6.00. The van der Waals surface area contributed by atoms with Crippen LogP contribution in [-0.2, 0) is 27.2 Å². The molecule has 0 spiro atoms. The van der Waals surface area contributed by atoms with Gasteiger partial charge in [-0.05, 0) is 80.0 Å². The molecule has 2 aromatic rings. The molecule has 0 aliphatic heterocycles. The lowest BCUT2D eigenvalue weighted by Crippen LogP contribution is -2.21. The lowest BCUT2D eigenvalue weighted by molar-refractivity contribution is 0.230. The molecule has 4 N–H and O–H groups in total. The first kappa shape index (κ1) is 32.2. The van der Waals surface area contributed by atoms with Crippen molar-refractivity contribution in [3.8, 4) is 0 Å². The van der Waals surface area contributed by atoms with Crippen LogP contribution in [0.3, 0.4) is 0 Å². The van der Waals surface area contributed by atoms with E-state index in [0.29, 0.717) is 0 Å². The van der Waals surface area contributed by atoms with Gasteiger partial charge in [0, 0.05) is 20.3 Å². The fourth-order valence-corrected chi connectivity index (χ4v) is 6.95. The highest BCUT2D eigenvalue weighted by atomic mass is 79.9. The number of hydrogen-bond donors (Lipinski definition) is 2. The Balaban J connectivity index is 0.000000856. The van der Waals surface area contributed by atoms with Crippen LogP contribution < -0.4 is 22.1 Å². The first-order chi connectivity index (χ1) is 15.1. The molecule has 0 aliphatic carbocycles. The lowest BCUT2D eigenvalue weighted by Gasteiger charge is -2.22. The summed E-state index contributed by atoms with van der Waals surface area (Å²) >= 11 is 6.60. The summed E-state index contributed by atoms with van der Waals surface area (Å²) in [5, 5.41) is 0.434. The summed E-state index contributed by atoms with van der Waals surface area (Å²) in [5.41, 5.74) is 12.4. The van der Waals surface area contributed by atoms with Gasteiger partial charge >= 0.3 is 15.2 Å². The summed E-state index contributed by atoms with van der Waals surface area (Å²) < 4.78 is 49.0. The number of nitrogens with two attached hydrogens (primary N) is 2. The van der Waals surface area contributed by atoms with Gasteiger partial charge in [0.05, 0.1) is 37.0 Å². The lowest BCUT2D eigenvalue weighted by atomic mass is 10.3. The van der Waals surface area contributed by atoms with Crippen molar-refractivity contribution in [3.05, 3.63) is 45.3 Å². The standard InChI is InChI=1S/C14H25NO6P2.C6H5Br2N.FH/c1-5-18-22(16,19-6-2)12-9-10-13(15)14(11-12)23(17,20-7-3)21-8-4;7-4-1-2-6(9)5(8)3-4;/h9-11H,5-8,15H2,1-4H3;1-3H,9H2;1H. The van der Waals surface area contributed by atoms with Gasteiger partial charge in [0.1, 0.15) is 0 Å². The predicted molar refractivity (Wildman–Crippen MR) is 141 cm³/mol. The van der Waals surface area contributed by atoms with E-state index < -0.39 is 15.2 Å². The molecular formula is C20H31Br2FN2O6P2. The molecule has 33 heavy (non-hydrogen) atoms. The number of benzene rings is 2. The Morgan fingerprint density at radius 2 is 1.18 bits per heavy atom. The number of halogens is 3. The molecule has 13 heteroatoms. The molecule has 2 aromatic carbocycles. The van der Waals surface area contributed by atoms with Crippen molar-refractivity contribution in [1.82, 2.24) is 0 Å². The van der Waals surface area contributed by atoms with E-state index in [-0.39, 0.29) is 47.4 Å². The van der Waals surface area contributed by atoms with Gasteiger partial charge in [0.15, 0.2) is 0 Å². The van der Waals surface area contributed by atoms with Crippen molar-refractivity contribution in [2.75, 3.05) is 37.9 Å². The Kier molecular flexibility index (Phi) is 14.9. The average Bonchev–Trinajstić information content (AvgIpc) is 2.72. The minimum absolute atomic E-state index is 0. The van der Waals surface area contributed by atoms with E-state index in [2.05, 4.69) is 31.9 Å². The molecule has 188 valence electrons. The van der Waals surface area contributed by atoms with Crippen LogP contribution in [0.1, 0.15) is 27.7 Å². The van der Waals surface area contributed by atoms with Gasteiger partial charge in [0.25, 0.3) is 0 Å². The zero-order valence-electron chi connectivity index (χ0n) is 19.0. The van der Waals surface area contributed by atoms with Gasteiger partial charge in [-0.3, -0.25) is 13.8 Å². The second-order valence-corrected chi connectivity index (χ2v) is 11.9. The Bertz CT molecular complexity index is 964. The third-order valence-electron chi connectivity index (χ3n) is 3.78. The summed E-state index contributed by atoms with van der Waals surface area (Å²) in [6, 6.07) is 10.1. The fraction of sp³-hybridized carbons (Fsp3) is 0.400. The number of anilines is 2. The molecule has 0 saturated heterocycles. The summed E-state index contributed by atoms with van der Waals surface area (Å²) in [6.45, 7) is 7.65. The maximum Gasteiger partial charge on any atom is 0.363 e. The molecule has 0 heterocycles. The minimum Gasteiger partial charge on any atom is -0.398 e. The van der Waals surface area contributed by atoms with Crippen LogP contribution in [0.2, 0.25) is 0 Å². The van der Waals surface area contributed by atoms with Crippen molar-refractivity contribution in [3.63, 3.8) is 0 Å². The third-order valence-corrected chi connectivity index (χ3v) is 9.24. The monoisotopic (exact) mass is 634 g/mol. The topological polar surface area (TPSA) is 123 Å². The van der Waals surface area contributed by atoms with E-state index in [9.17, 15) is 9.13 Å². The van der Waals surface area contributed by atoms with Crippen molar-refractivity contribution in [2.45, 2.75) is 27.7 Å². The van der Waals surface area contributed by atoms with Crippen LogP contribution in [0.15, 0.2) is 45.3 Å². The van der Waals surface area contributed by atoms with E-state index in [1.807, 2.05) is 18.2 Å². The third kappa shape index (κ3) is 9.42. The van der Waals surface area contributed by atoms with E-state index in [4.69, 9.17) is 29.6 Å². The largest absolute Gasteiger partial charge is 0.398 e. The molecule has 0 aliphatic rings. The quantitative estimate of drug-likeness (QED) is 0.241. The molecule has 2 rings (SSSR count). The molecule has 0 atom stereocenters. The van der Waals surface area contributed by atoms with Crippen LogP contribution in [0, 0.1) is 0 Å². The van der Waals surface area contributed by atoms with Crippen LogP contribution >= 0.6 is 47.1 Å². The van der Waals surface area contributed by atoms with Crippen molar-refractivity contribution in [2.24, 2.45) is 0 Å². The normalized spacial score (nSPS) is 11.3. The average molecular weight is 636 g/mol. The van der Waals surface area contributed by atoms with Gasteiger partial charge in [0.2, 0.25) is 0 Å². The molecule has 8 nitrogen and oxygen atoms in total. The SMILES string of the molecule is CCOP(=O)(OCC)c1ccc(N)c(P(=O)(OCC)OCC)c1.F.Nc1ccc(Br)cc1Br. The highest BCUT2D eigenvalue weighted by Gasteiger charge is 2.33. The number of nitrogen functional groups attached to an aromatic ring is 2. The first-order valence-corrected chi connectivity index (χ1v) is 14.6. The molecular weight excluding hydrogens is 605 g/mol. The summed E-state index contributed by atoms with van der Waals surface area (Å²) in [6.07, 6.45) is 0. The van der Waals surface area contributed by atoms with Crippen molar-refractivity contribution in [1.29, 1.82) is 0 Å². The van der Waals surface area contributed by atoms with Gasteiger partial charge < -0.3 is 29.6 Å². The maximum absolute atomic E-state index is 12.9. The maximum atomic E-state index is 12.9. The highest BCUT2D eigenvalue weighted by Crippen LogP contribution is 2.51. The molecule has 0 bridgehead atoms. The molecule has 0 amide bonds. The van der Waals surface area contributed by atoms with Crippen LogP contribution in [0.4, 0.5) is 16.1 Å². The fourth-order valence-electron chi connectivity index (χ4n) is 2.48. The zero-order chi connectivity index (χ0) is 24.4. The minimum atomic E-state index is -3.60. The van der Waals surface area contributed by atoms with Gasteiger partial charge in [-0.15, -0.1) is 0 Å². The first-order valence-electron chi connectivity index (χ1n) is 9.96. The highest BCUT2D eigenvalue weighted by molar-refractivity contribution is 9.11. The molecule has 0 saturated carbocycles. The van der Waals surface area contributed by atoms with E-state index in [0.717, 1.165) is 14.6 Å². The van der Waals surface area contributed by atoms with Crippen LogP contribution in [0.25, 0.3) is 0 Å². The van der Waals surface area contributed by atoms with Gasteiger partial charge in [-0.1, -0.05) is 15.9 Å². The van der Waals surface area contributed by atoms with Gasteiger partial charge in [-0.2, -0.15) is 0 Å². The van der Waals surface area contributed by atoms with E-state index >= 15 is 0 Å². The number of rotatable bonds is 10. The van der Waals surface area contributed by atoms with E-state index in [1.165, 1.54) is 18.2 Å². The Morgan fingerprint density at radius 3 is 1.61 bits per heavy atom. The van der Waals surface area contributed by atoms with Crippen molar-refractivity contribution < 1.29 is 31.9 Å². The van der Waals surface area contributed by atoms with Crippen molar-refractivity contribution >= 4 is 69.0 Å². The Hall–Kier alpha value is -0.770. The molecule has 0 fully saturated rings. The summed E-state index contributed by atoms with van der Waals surface area (Å²) in [7, 11) is -7.11. The van der Waals surface area contributed by atoms with Crippen LogP contribution in [-0.4, -0.2) is 26.4 Å². The van der Waals surface area contributed by atoms with Gasteiger partial charge in [-0.25, -0.2) is 0 Å². The molecule has 0 unspecified atom stereocenters. The van der Waals surface area contributed by atoms with E-state index in [1.54, 1.807) is 27.7 Å². The molecule has 0 radical (unpaired) electrons. The summed E-state index contributed by atoms with van der Waals surface area (Å²) in [4.78, 5) is 0. The molecule has 0 aromatic heterocycles. The number of hydrogen-bond acceptors (Lipinski definition) is 8. The smallest absolute Gasteiger partial charge is 0.363 e. The Morgan fingerprint density at radius 1 is 0.727 bits per heavy atom. The second kappa shape index (κ2) is 15.3. The Labute approximate surface area is 211 Å². The second-order valence-electron chi connectivity index (χ2n) is 6.07. The zero-order valence-corrected chi connectivity index (χ0v) is 23.9. The van der Waals surface area contributed by atoms with Crippen LogP contribution in [0.5, 0.6) is 0 Å². The summed E-state index contributed by atoms with van der Waals surface area (Å²) in [5.74, 6) is 0.